The maximum Gasteiger partial charge on any atom is 0.337 e. The molecule has 0 aromatic heterocycles. The molecule has 1 aliphatic heterocycles. The van der Waals surface area contributed by atoms with Crippen LogP contribution in [-0.4, -0.2) is 24.8 Å². The van der Waals surface area contributed by atoms with Crippen molar-refractivity contribution in [3.05, 3.63) is 39.5 Å². The Kier molecular flexibility index (Phi) is 6.01. The molecule has 0 amide bonds. The fourth-order valence-corrected chi connectivity index (χ4v) is 3.05. The van der Waals surface area contributed by atoms with Crippen LogP contribution in [0.4, 0.5) is 0 Å². The Labute approximate surface area is 149 Å². The SMILES string of the molecule is CCCOc1ccc(Br)cc1[C@@H]1NC(=S)NC(C)=C1C(=O)OC. The molecule has 0 aliphatic carbocycles. The van der Waals surface area contributed by atoms with Crippen LogP contribution < -0.4 is 15.4 Å². The molecule has 124 valence electrons. The van der Waals surface area contributed by atoms with Gasteiger partial charge in [-0.15, -0.1) is 0 Å². The first-order valence-corrected chi connectivity index (χ1v) is 8.46. The molecular formula is C16H19BrN2O3S. The van der Waals surface area contributed by atoms with Gasteiger partial charge >= 0.3 is 5.97 Å². The standard InChI is InChI=1S/C16H19BrN2O3S/c1-4-7-22-12-6-5-10(17)8-11(12)14-13(15(20)21-3)9(2)18-16(23)19-14/h5-6,8,14H,4,7H2,1-3H3,(H2,18,19,23)/t14-/m0/s1. The number of carbonyl (C=O) groups excluding carboxylic acids is 1. The van der Waals surface area contributed by atoms with E-state index in [9.17, 15) is 4.79 Å². The highest BCUT2D eigenvalue weighted by Gasteiger charge is 2.32. The van der Waals surface area contributed by atoms with Gasteiger partial charge in [-0.2, -0.15) is 0 Å². The van der Waals surface area contributed by atoms with Gasteiger partial charge in [0.15, 0.2) is 5.11 Å². The summed E-state index contributed by atoms with van der Waals surface area (Å²) >= 11 is 8.71. The van der Waals surface area contributed by atoms with Crippen molar-refractivity contribution >= 4 is 39.2 Å². The fraction of sp³-hybridized carbons (Fsp3) is 0.375. The van der Waals surface area contributed by atoms with E-state index in [1.54, 1.807) is 6.92 Å². The Morgan fingerprint density at radius 3 is 2.83 bits per heavy atom. The van der Waals surface area contributed by atoms with Gasteiger partial charge < -0.3 is 20.1 Å². The zero-order valence-corrected chi connectivity index (χ0v) is 15.6. The first kappa shape index (κ1) is 17.7. The molecule has 0 radical (unpaired) electrons. The first-order valence-electron chi connectivity index (χ1n) is 7.26. The number of halogens is 1. The summed E-state index contributed by atoms with van der Waals surface area (Å²) in [6.07, 6.45) is 0.895. The molecule has 0 unspecified atom stereocenters. The summed E-state index contributed by atoms with van der Waals surface area (Å²) in [5.74, 6) is 0.308. The third-order valence-corrected chi connectivity index (χ3v) is 4.13. The molecule has 0 bridgehead atoms. The van der Waals surface area contributed by atoms with Crippen molar-refractivity contribution in [1.82, 2.24) is 10.6 Å². The monoisotopic (exact) mass is 398 g/mol. The summed E-state index contributed by atoms with van der Waals surface area (Å²) in [5.41, 5.74) is 1.99. The zero-order chi connectivity index (χ0) is 17.0. The molecule has 1 atom stereocenters. The number of hydrogen-bond donors (Lipinski definition) is 2. The number of hydrogen-bond acceptors (Lipinski definition) is 4. The lowest BCUT2D eigenvalue weighted by atomic mass is 9.95. The molecule has 5 nitrogen and oxygen atoms in total. The minimum Gasteiger partial charge on any atom is -0.493 e. The maximum atomic E-state index is 12.2. The summed E-state index contributed by atoms with van der Waals surface area (Å²) in [5, 5.41) is 6.56. The van der Waals surface area contributed by atoms with E-state index in [0.717, 1.165) is 16.5 Å². The summed E-state index contributed by atoms with van der Waals surface area (Å²) in [4.78, 5) is 12.2. The van der Waals surface area contributed by atoms with E-state index in [1.165, 1.54) is 7.11 Å². The molecule has 2 N–H and O–H groups in total. The van der Waals surface area contributed by atoms with Crippen molar-refractivity contribution in [2.75, 3.05) is 13.7 Å². The predicted octanol–water partition coefficient (Wildman–Crippen LogP) is 3.20. The third-order valence-electron chi connectivity index (χ3n) is 3.42. The molecule has 2 rings (SSSR count). The van der Waals surface area contributed by atoms with Crippen molar-refractivity contribution in [2.24, 2.45) is 0 Å². The van der Waals surface area contributed by atoms with Gasteiger partial charge in [0.05, 0.1) is 25.3 Å². The van der Waals surface area contributed by atoms with Crippen LogP contribution >= 0.6 is 28.1 Å². The summed E-state index contributed by atoms with van der Waals surface area (Å²) in [7, 11) is 1.36. The Morgan fingerprint density at radius 1 is 1.43 bits per heavy atom. The minimum atomic E-state index is -0.430. The highest BCUT2D eigenvalue weighted by Crippen LogP contribution is 2.35. The highest BCUT2D eigenvalue weighted by molar-refractivity contribution is 9.10. The maximum absolute atomic E-state index is 12.2. The number of nitrogens with one attached hydrogen (secondary N) is 2. The highest BCUT2D eigenvalue weighted by atomic mass is 79.9. The number of rotatable bonds is 5. The van der Waals surface area contributed by atoms with Crippen LogP contribution in [0.3, 0.4) is 0 Å². The topological polar surface area (TPSA) is 59.6 Å². The van der Waals surface area contributed by atoms with Gasteiger partial charge in [0.2, 0.25) is 0 Å². The second-order valence-electron chi connectivity index (χ2n) is 5.09. The summed E-state index contributed by atoms with van der Waals surface area (Å²) in [6, 6.07) is 5.28. The summed E-state index contributed by atoms with van der Waals surface area (Å²) in [6.45, 7) is 4.44. The Morgan fingerprint density at radius 2 is 2.17 bits per heavy atom. The van der Waals surface area contributed by atoms with Crippen LogP contribution in [0.15, 0.2) is 33.9 Å². The van der Waals surface area contributed by atoms with Gasteiger partial charge in [0, 0.05) is 15.7 Å². The van der Waals surface area contributed by atoms with Gasteiger partial charge in [-0.1, -0.05) is 22.9 Å². The molecule has 0 spiro atoms. The van der Waals surface area contributed by atoms with Crippen molar-refractivity contribution in [1.29, 1.82) is 0 Å². The van der Waals surface area contributed by atoms with E-state index in [0.29, 0.717) is 28.7 Å². The smallest absolute Gasteiger partial charge is 0.337 e. The van der Waals surface area contributed by atoms with E-state index in [1.807, 2.05) is 25.1 Å². The van der Waals surface area contributed by atoms with E-state index in [-0.39, 0.29) is 0 Å². The molecule has 1 aliphatic rings. The third kappa shape index (κ3) is 4.03. The van der Waals surface area contributed by atoms with Crippen LogP contribution in [0.5, 0.6) is 5.75 Å². The van der Waals surface area contributed by atoms with E-state index < -0.39 is 12.0 Å². The second-order valence-corrected chi connectivity index (χ2v) is 6.42. The summed E-state index contributed by atoms with van der Waals surface area (Å²) < 4.78 is 11.6. The molecule has 0 saturated heterocycles. The minimum absolute atomic E-state index is 0.406. The fourth-order valence-electron chi connectivity index (χ4n) is 2.40. The predicted molar refractivity (Wildman–Crippen MR) is 96.3 cm³/mol. The largest absolute Gasteiger partial charge is 0.493 e. The Hall–Kier alpha value is -1.60. The quantitative estimate of drug-likeness (QED) is 0.586. The number of benzene rings is 1. The van der Waals surface area contributed by atoms with Gasteiger partial charge in [-0.05, 0) is 43.8 Å². The van der Waals surface area contributed by atoms with Gasteiger partial charge in [0.1, 0.15) is 5.75 Å². The molecule has 0 fully saturated rings. The number of carbonyl (C=O) groups is 1. The lowest BCUT2D eigenvalue weighted by Gasteiger charge is -2.30. The van der Waals surface area contributed by atoms with Crippen LogP contribution in [-0.2, 0) is 9.53 Å². The van der Waals surface area contributed by atoms with E-state index >= 15 is 0 Å². The lowest BCUT2D eigenvalue weighted by molar-refractivity contribution is -0.136. The number of esters is 1. The molecule has 23 heavy (non-hydrogen) atoms. The van der Waals surface area contributed by atoms with Gasteiger partial charge in [0.25, 0.3) is 0 Å². The average Bonchev–Trinajstić information content (AvgIpc) is 2.52. The normalized spacial score (nSPS) is 17.4. The average molecular weight is 399 g/mol. The van der Waals surface area contributed by atoms with Gasteiger partial charge in [-0.25, -0.2) is 4.79 Å². The lowest BCUT2D eigenvalue weighted by Crippen LogP contribution is -2.45. The first-order chi connectivity index (χ1) is 11.0. The van der Waals surface area contributed by atoms with Crippen molar-refractivity contribution < 1.29 is 14.3 Å². The number of thiocarbonyl (C=S) groups is 1. The van der Waals surface area contributed by atoms with E-state index in [4.69, 9.17) is 21.7 Å². The van der Waals surface area contributed by atoms with E-state index in [2.05, 4.69) is 26.6 Å². The van der Waals surface area contributed by atoms with Crippen molar-refractivity contribution in [3.63, 3.8) is 0 Å². The molecule has 7 heteroatoms. The van der Waals surface area contributed by atoms with Gasteiger partial charge in [-0.3, -0.25) is 0 Å². The van der Waals surface area contributed by atoms with Crippen molar-refractivity contribution in [2.45, 2.75) is 26.3 Å². The van der Waals surface area contributed by atoms with Crippen LogP contribution in [0, 0.1) is 0 Å². The van der Waals surface area contributed by atoms with Crippen LogP contribution in [0.1, 0.15) is 31.9 Å². The number of allylic oxidation sites excluding steroid dienone is 1. The molecule has 0 saturated carbocycles. The molecule has 1 aromatic rings. The van der Waals surface area contributed by atoms with Crippen LogP contribution in [0.25, 0.3) is 0 Å². The molecule has 1 heterocycles. The second kappa shape index (κ2) is 7.79. The molecule has 1 aromatic carbocycles. The van der Waals surface area contributed by atoms with Crippen molar-refractivity contribution in [3.8, 4) is 5.75 Å². The Bertz CT molecular complexity index is 661. The van der Waals surface area contributed by atoms with Crippen LogP contribution in [0.2, 0.25) is 0 Å². The number of ether oxygens (including phenoxy) is 2. The zero-order valence-electron chi connectivity index (χ0n) is 13.2. The number of methoxy groups -OCH3 is 1. The Balaban J connectivity index is 2.52. The molecular weight excluding hydrogens is 380 g/mol.